The minimum atomic E-state index is -0.779. The quantitative estimate of drug-likeness (QED) is 0.0261. The van der Waals surface area contributed by atoms with E-state index in [-0.39, 0.29) is 31.1 Å². The van der Waals surface area contributed by atoms with Gasteiger partial charge in [-0.05, 0) is 57.8 Å². The summed E-state index contributed by atoms with van der Waals surface area (Å²) in [6.07, 6.45) is 87.3. The van der Waals surface area contributed by atoms with E-state index in [4.69, 9.17) is 14.2 Å². The van der Waals surface area contributed by atoms with Crippen molar-refractivity contribution in [3.8, 4) is 0 Å². The molecule has 0 aromatic rings. The number of unbranched alkanes of at least 4 members (excludes halogenated alkanes) is 47. The third-order valence-electron chi connectivity index (χ3n) is 16.1. The molecule has 0 fully saturated rings. The molecule has 0 spiro atoms. The van der Waals surface area contributed by atoms with Crippen LogP contribution in [0.5, 0.6) is 0 Å². The van der Waals surface area contributed by atoms with Crippen molar-refractivity contribution in [3.63, 3.8) is 0 Å². The lowest BCUT2D eigenvalue weighted by Crippen LogP contribution is -2.30. The van der Waals surface area contributed by atoms with Crippen molar-refractivity contribution in [1.29, 1.82) is 0 Å². The summed E-state index contributed by atoms with van der Waals surface area (Å²) in [6.45, 7) is 6.58. The lowest BCUT2D eigenvalue weighted by atomic mass is 10.0. The summed E-state index contributed by atoms with van der Waals surface area (Å²) >= 11 is 0. The fourth-order valence-corrected chi connectivity index (χ4v) is 10.8. The van der Waals surface area contributed by atoms with Crippen LogP contribution >= 0.6 is 0 Å². The van der Waals surface area contributed by atoms with E-state index < -0.39 is 6.10 Å². The molecular weight excluding hydrogens is 985 g/mol. The highest BCUT2D eigenvalue weighted by Crippen LogP contribution is 2.19. The van der Waals surface area contributed by atoms with Gasteiger partial charge in [-0.25, -0.2) is 0 Å². The maximum atomic E-state index is 12.9. The molecule has 1 atom stereocenters. The summed E-state index contributed by atoms with van der Waals surface area (Å²) < 4.78 is 17.0. The van der Waals surface area contributed by atoms with Gasteiger partial charge >= 0.3 is 17.9 Å². The van der Waals surface area contributed by atoms with Crippen LogP contribution in [0.3, 0.4) is 0 Å². The largest absolute Gasteiger partial charge is 0.462 e. The van der Waals surface area contributed by atoms with Gasteiger partial charge in [0.1, 0.15) is 13.2 Å². The number of esters is 3. The molecule has 6 heteroatoms. The molecule has 0 aliphatic heterocycles. The normalized spacial score (nSPS) is 12.3. The van der Waals surface area contributed by atoms with Crippen LogP contribution in [0.15, 0.2) is 48.6 Å². The van der Waals surface area contributed by atoms with Gasteiger partial charge in [0.05, 0.1) is 0 Å². The third kappa shape index (κ3) is 66.2. The van der Waals surface area contributed by atoms with Gasteiger partial charge in [0.2, 0.25) is 0 Å². The lowest BCUT2D eigenvalue weighted by molar-refractivity contribution is -0.167. The van der Waals surface area contributed by atoms with Gasteiger partial charge in [0.15, 0.2) is 6.10 Å². The minimum absolute atomic E-state index is 0.0741. The summed E-state index contributed by atoms with van der Waals surface area (Å²) in [7, 11) is 0. The molecule has 0 aromatic heterocycles. The minimum Gasteiger partial charge on any atom is -0.462 e. The van der Waals surface area contributed by atoms with E-state index >= 15 is 0 Å². The number of allylic oxidation sites excluding steroid dienone is 8. The van der Waals surface area contributed by atoms with E-state index in [0.717, 1.165) is 96.3 Å². The summed E-state index contributed by atoms with van der Waals surface area (Å²) in [5, 5.41) is 0. The number of carbonyl (C=O) groups is 3. The highest BCUT2D eigenvalue weighted by atomic mass is 16.6. The summed E-state index contributed by atoms with van der Waals surface area (Å²) in [5.41, 5.74) is 0. The van der Waals surface area contributed by atoms with Crippen LogP contribution < -0.4 is 0 Å². The first-order valence-electron chi connectivity index (χ1n) is 35.6. The number of rotatable bonds is 66. The van der Waals surface area contributed by atoms with Crippen molar-refractivity contribution in [2.75, 3.05) is 13.2 Å². The Kier molecular flexibility index (Phi) is 66.6. The smallest absolute Gasteiger partial charge is 0.306 e. The number of hydrogen-bond donors (Lipinski definition) is 0. The molecule has 0 saturated carbocycles. The molecule has 0 saturated heterocycles. The van der Waals surface area contributed by atoms with E-state index in [1.165, 1.54) is 250 Å². The van der Waals surface area contributed by atoms with Crippen LogP contribution in [0.25, 0.3) is 0 Å². The molecule has 0 aliphatic carbocycles. The van der Waals surface area contributed by atoms with Gasteiger partial charge in [-0.1, -0.05) is 358 Å². The molecule has 80 heavy (non-hydrogen) atoms. The third-order valence-corrected chi connectivity index (χ3v) is 16.1. The van der Waals surface area contributed by atoms with Crippen molar-refractivity contribution < 1.29 is 28.6 Å². The van der Waals surface area contributed by atoms with Crippen molar-refractivity contribution in [3.05, 3.63) is 48.6 Å². The topological polar surface area (TPSA) is 78.9 Å². The Balaban J connectivity index is 4.14. The molecule has 0 aromatic carbocycles. The predicted molar refractivity (Wildman–Crippen MR) is 349 cm³/mol. The second-order valence-electron chi connectivity index (χ2n) is 24.1. The monoisotopic (exact) mass is 1120 g/mol. The summed E-state index contributed by atoms with van der Waals surface area (Å²) in [6, 6.07) is 0. The SMILES string of the molecule is CC/C=C\C/C=C\C/C=C\C/C=C\CCCCCCCCC(=O)OC(COC(=O)CCCCCCCCCCCCCC)COC(=O)CCCCCCCCCCCCCCCCCCCCCCCCCCCCCCCCC. The first kappa shape index (κ1) is 77.4. The average Bonchev–Trinajstić information content (AvgIpc) is 3.46. The van der Waals surface area contributed by atoms with Crippen LogP contribution in [-0.4, -0.2) is 37.2 Å². The van der Waals surface area contributed by atoms with Gasteiger partial charge in [0, 0.05) is 19.3 Å². The van der Waals surface area contributed by atoms with Crippen molar-refractivity contribution in [1.82, 2.24) is 0 Å². The number of hydrogen-bond acceptors (Lipinski definition) is 6. The predicted octanol–water partition coefficient (Wildman–Crippen LogP) is 24.5. The Morgan fingerprint density at radius 1 is 0.263 bits per heavy atom. The summed E-state index contributed by atoms with van der Waals surface area (Å²) in [4.78, 5) is 38.4. The standard InChI is InChI=1S/C74H136O6/c1-4-7-10-13-16-19-22-25-27-29-31-32-33-34-35-36-37-38-39-40-41-42-44-45-47-49-52-55-58-61-64-67-73(76)79-70-71(69-78-72(75)66-63-60-57-54-51-24-21-18-15-12-9-6-3)80-74(77)68-65-62-59-56-53-50-48-46-43-30-28-26-23-20-17-14-11-8-5-2/h8,11,17,20,26,28,43,46,71H,4-7,9-10,12-16,18-19,21-25,27,29-42,44-45,47-70H2,1-3H3/b11-8-,20-17-,28-26-,46-43-. The van der Waals surface area contributed by atoms with Crippen LogP contribution in [0.1, 0.15) is 387 Å². The Bertz CT molecular complexity index is 1380. The van der Waals surface area contributed by atoms with E-state index in [9.17, 15) is 14.4 Å². The fourth-order valence-electron chi connectivity index (χ4n) is 10.8. The Labute approximate surface area is 498 Å². The second-order valence-corrected chi connectivity index (χ2v) is 24.1. The molecule has 0 aliphatic rings. The van der Waals surface area contributed by atoms with E-state index in [0.29, 0.717) is 19.3 Å². The van der Waals surface area contributed by atoms with E-state index in [2.05, 4.69) is 69.4 Å². The van der Waals surface area contributed by atoms with Crippen LogP contribution in [0, 0.1) is 0 Å². The number of ether oxygens (including phenoxy) is 3. The highest BCUT2D eigenvalue weighted by molar-refractivity contribution is 5.71. The van der Waals surface area contributed by atoms with Gasteiger partial charge in [0.25, 0.3) is 0 Å². The van der Waals surface area contributed by atoms with E-state index in [1.807, 2.05) is 0 Å². The van der Waals surface area contributed by atoms with Crippen LogP contribution in [0.4, 0.5) is 0 Å². The maximum absolute atomic E-state index is 12.9. The van der Waals surface area contributed by atoms with Crippen LogP contribution in [0.2, 0.25) is 0 Å². The first-order chi connectivity index (χ1) is 39.5. The molecule has 0 radical (unpaired) electrons. The van der Waals surface area contributed by atoms with E-state index in [1.54, 1.807) is 0 Å². The maximum Gasteiger partial charge on any atom is 0.306 e. The molecule has 6 nitrogen and oxygen atoms in total. The molecule has 0 amide bonds. The van der Waals surface area contributed by atoms with Crippen molar-refractivity contribution >= 4 is 17.9 Å². The van der Waals surface area contributed by atoms with Gasteiger partial charge in [-0.2, -0.15) is 0 Å². The highest BCUT2D eigenvalue weighted by Gasteiger charge is 2.19. The number of carbonyl (C=O) groups excluding carboxylic acids is 3. The zero-order valence-corrected chi connectivity index (χ0v) is 53.9. The molecule has 1 unspecified atom stereocenters. The van der Waals surface area contributed by atoms with Crippen molar-refractivity contribution in [2.45, 2.75) is 393 Å². The average molecular weight is 1120 g/mol. The van der Waals surface area contributed by atoms with Crippen molar-refractivity contribution in [2.24, 2.45) is 0 Å². The Hall–Kier alpha value is -2.63. The first-order valence-corrected chi connectivity index (χ1v) is 35.6. The van der Waals surface area contributed by atoms with Gasteiger partial charge in [-0.15, -0.1) is 0 Å². The fraction of sp³-hybridized carbons (Fsp3) is 0.851. The molecule has 468 valence electrons. The second kappa shape index (κ2) is 68.9. The molecule has 0 rings (SSSR count). The summed E-state index contributed by atoms with van der Waals surface area (Å²) in [5.74, 6) is -0.863. The van der Waals surface area contributed by atoms with Crippen LogP contribution in [-0.2, 0) is 28.6 Å². The zero-order chi connectivity index (χ0) is 57.8. The lowest BCUT2D eigenvalue weighted by Gasteiger charge is -2.18. The molecular formula is C74H136O6. The molecule has 0 bridgehead atoms. The van der Waals surface area contributed by atoms with Gasteiger partial charge in [-0.3, -0.25) is 14.4 Å². The Morgan fingerprint density at radius 3 is 0.762 bits per heavy atom. The Morgan fingerprint density at radius 2 is 0.487 bits per heavy atom. The molecule has 0 heterocycles. The zero-order valence-electron chi connectivity index (χ0n) is 53.9. The van der Waals surface area contributed by atoms with Gasteiger partial charge < -0.3 is 14.2 Å². The molecule has 0 N–H and O–H groups in total.